The molecule has 0 aromatic rings. The Balaban J connectivity index is 2.98. The maximum absolute atomic E-state index is 8.67. The summed E-state index contributed by atoms with van der Waals surface area (Å²) in [6, 6.07) is 0. The predicted molar refractivity (Wildman–Crippen MR) is 39.0 cm³/mol. The van der Waals surface area contributed by atoms with Crippen LogP contribution in [-0.4, -0.2) is 15.1 Å². The highest BCUT2D eigenvalue weighted by atomic mass is 35.5. The molecule has 0 saturated heterocycles. The Morgan fingerprint density at radius 3 is 2.44 bits per heavy atom. The summed E-state index contributed by atoms with van der Waals surface area (Å²) >= 11 is 9.11. The Labute approximate surface area is 63.7 Å². The van der Waals surface area contributed by atoms with E-state index in [4.69, 9.17) is 27.8 Å². The lowest BCUT2D eigenvalue weighted by atomic mass is 11.2. The molecule has 50 valence electrons. The molecule has 1 aliphatic rings. The first-order chi connectivity index (χ1) is 4.18. The molecular formula is C2HCl2N3OS. The standard InChI is InChI=1S/C2HCl2N3OS/c3-1-5-2(4)7-9(8)6-1/h(H,5,6,7,8). The smallest absolute Gasteiger partial charge is 0.235 e. The van der Waals surface area contributed by atoms with E-state index >= 15 is 0 Å². The highest BCUT2D eigenvalue weighted by Gasteiger charge is 2.02. The summed E-state index contributed by atoms with van der Waals surface area (Å²) in [7, 11) is 0. The largest absolute Gasteiger partial charge is 0.304 e. The molecular weight excluding hydrogens is 185 g/mol. The second-order valence-electron chi connectivity index (χ2n) is 1.08. The molecule has 1 unspecified atom stereocenters. The van der Waals surface area contributed by atoms with Crippen LogP contribution < -0.4 is 0 Å². The second kappa shape index (κ2) is 2.74. The van der Waals surface area contributed by atoms with Crippen molar-refractivity contribution in [2.75, 3.05) is 0 Å². The Kier molecular flexibility index (Phi) is 2.18. The molecule has 0 aromatic heterocycles. The summed E-state index contributed by atoms with van der Waals surface area (Å²) < 4.78 is 15.4. The van der Waals surface area contributed by atoms with Gasteiger partial charge in [0.1, 0.15) is 0 Å². The van der Waals surface area contributed by atoms with Gasteiger partial charge in [-0.1, -0.05) is 0 Å². The van der Waals surface area contributed by atoms with Gasteiger partial charge in [-0.15, -0.1) is 8.76 Å². The van der Waals surface area contributed by atoms with E-state index in [1.165, 1.54) is 0 Å². The first kappa shape index (κ1) is 7.14. The van der Waals surface area contributed by atoms with Gasteiger partial charge in [0.05, 0.1) is 0 Å². The molecule has 7 heteroatoms. The minimum atomic E-state index is -1.43. The van der Waals surface area contributed by atoms with Crippen LogP contribution in [0.4, 0.5) is 0 Å². The summed E-state index contributed by atoms with van der Waals surface area (Å²) in [5, 5.41) is -0.137. The third-order valence-corrected chi connectivity index (χ3v) is 1.71. The molecule has 0 amide bonds. The summed E-state index contributed by atoms with van der Waals surface area (Å²) in [6.45, 7) is 0. The van der Waals surface area contributed by atoms with Crippen LogP contribution >= 0.6 is 23.2 Å². The van der Waals surface area contributed by atoms with E-state index in [1.807, 2.05) is 0 Å². The molecule has 1 heterocycles. The Bertz CT molecular complexity index is 176. The SMILES string of the molecule is OS1=NC(Cl)=NC(Cl)=N1. The molecule has 0 bridgehead atoms. The van der Waals surface area contributed by atoms with Crippen LogP contribution in [0.3, 0.4) is 0 Å². The summed E-state index contributed by atoms with van der Waals surface area (Å²) in [5.74, 6) is 0. The van der Waals surface area contributed by atoms with Crippen molar-refractivity contribution in [3.63, 3.8) is 0 Å². The molecule has 9 heavy (non-hydrogen) atoms. The van der Waals surface area contributed by atoms with Gasteiger partial charge < -0.3 is 4.55 Å². The van der Waals surface area contributed by atoms with Crippen LogP contribution in [0.2, 0.25) is 0 Å². The molecule has 1 rings (SSSR count). The van der Waals surface area contributed by atoms with E-state index in [9.17, 15) is 0 Å². The maximum Gasteiger partial charge on any atom is 0.235 e. The quantitative estimate of drug-likeness (QED) is 0.570. The van der Waals surface area contributed by atoms with Crippen molar-refractivity contribution in [1.29, 1.82) is 0 Å². The number of amidine groups is 2. The maximum atomic E-state index is 8.67. The average molecular weight is 186 g/mol. The lowest BCUT2D eigenvalue weighted by molar-refractivity contribution is 0.651. The van der Waals surface area contributed by atoms with Gasteiger partial charge in [-0.25, -0.2) is 0 Å². The molecule has 0 fully saturated rings. The minimum absolute atomic E-state index is 0.0687. The number of rotatable bonds is 0. The van der Waals surface area contributed by atoms with Gasteiger partial charge in [-0.05, 0) is 23.2 Å². The fourth-order valence-corrected chi connectivity index (χ4v) is 1.24. The van der Waals surface area contributed by atoms with Crippen molar-refractivity contribution in [3.05, 3.63) is 0 Å². The number of halogens is 2. The molecule has 0 aliphatic carbocycles. The monoisotopic (exact) mass is 185 g/mol. The predicted octanol–water partition coefficient (Wildman–Crippen LogP) is 1.38. The first-order valence-electron chi connectivity index (χ1n) is 1.82. The molecule has 0 radical (unpaired) electrons. The van der Waals surface area contributed by atoms with Gasteiger partial charge >= 0.3 is 0 Å². The second-order valence-corrected chi connectivity index (χ2v) is 2.61. The van der Waals surface area contributed by atoms with Crippen molar-refractivity contribution < 1.29 is 4.55 Å². The van der Waals surface area contributed by atoms with E-state index in [-0.39, 0.29) is 10.6 Å². The van der Waals surface area contributed by atoms with Crippen LogP contribution in [-0.2, 0) is 11.2 Å². The topological polar surface area (TPSA) is 57.3 Å². The van der Waals surface area contributed by atoms with E-state index in [2.05, 4.69) is 13.8 Å². The lowest BCUT2D eigenvalue weighted by Gasteiger charge is -1.96. The Hall–Kier alpha value is 0.0300. The molecule has 0 aromatic carbocycles. The van der Waals surface area contributed by atoms with Crippen LogP contribution in [0.15, 0.2) is 13.8 Å². The van der Waals surface area contributed by atoms with Gasteiger partial charge in [0.2, 0.25) is 10.6 Å². The minimum Gasteiger partial charge on any atom is -0.304 e. The van der Waals surface area contributed by atoms with Gasteiger partial charge in [-0.3, -0.25) is 0 Å². The highest BCUT2D eigenvalue weighted by Crippen LogP contribution is 2.04. The van der Waals surface area contributed by atoms with E-state index in [1.54, 1.807) is 0 Å². The van der Waals surface area contributed by atoms with Crippen LogP contribution in [0.1, 0.15) is 0 Å². The Morgan fingerprint density at radius 1 is 1.33 bits per heavy atom. The lowest BCUT2D eigenvalue weighted by Crippen LogP contribution is -1.98. The van der Waals surface area contributed by atoms with Crippen molar-refractivity contribution >= 4 is 44.9 Å². The molecule has 1 aliphatic heterocycles. The zero-order valence-corrected chi connectivity index (χ0v) is 6.28. The summed E-state index contributed by atoms with van der Waals surface area (Å²) in [4.78, 5) is 3.41. The fourth-order valence-electron chi connectivity index (χ4n) is 0.272. The Morgan fingerprint density at radius 2 is 2.00 bits per heavy atom. The van der Waals surface area contributed by atoms with E-state index in [0.717, 1.165) is 0 Å². The molecule has 0 spiro atoms. The molecule has 4 nitrogen and oxygen atoms in total. The van der Waals surface area contributed by atoms with Gasteiger partial charge in [-0.2, -0.15) is 4.99 Å². The highest BCUT2D eigenvalue weighted by molar-refractivity contribution is 7.81. The molecule has 0 saturated carbocycles. The summed E-state index contributed by atoms with van der Waals surface area (Å²) in [5.41, 5.74) is 0. The third kappa shape index (κ3) is 2.02. The van der Waals surface area contributed by atoms with Crippen LogP contribution in [0.25, 0.3) is 0 Å². The zero-order valence-electron chi connectivity index (χ0n) is 3.95. The molecule has 1 atom stereocenters. The van der Waals surface area contributed by atoms with E-state index < -0.39 is 11.2 Å². The fraction of sp³-hybridized carbons (Fsp3) is 0. The number of aliphatic imine (C=N–C) groups is 1. The van der Waals surface area contributed by atoms with Crippen LogP contribution in [0, 0.1) is 0 Å². The third-order valence-electron chi connectivity index (χ3n) is 0.498. The number of nitrogens with zero attached hydrogens (tertiary/aromatic N) is 3. The number of hydrogen-bond donors (Lipinski definition) is 1. The van der Waals surface area contributed by atoms with Crippen molar-refractivity contribution in [2.45, 2.75) is 0 Å². The number of hydrogen-bond acceptors (Lipinski definition) is 3. The van der Waals surface area contributed by atoms with Gasteiger partial charge in [0.25, 0.3) is 0 Å². The molecule has 1 N–H and O–H groups in total. The summed E-state index contributed by atoms with van der Waals surface area (Å²) in [6.07, 6.45) is 0. The average Bonchev–Trinajstić information content (AvgIpc) is 1.59. The normalized spacial score (nSPS) is 26.3. The van der Waals surface area contributed by atoms with Gasteiger partial charge in [0.15, 0.2) is 11.2 Å². The van der Waals surface area contributed by atoms with Crippen LogP contribution in [0.5, 0.6) is 0 Å². The van der Waals surface area contributed by atoms with Gasteiger partial charge in [0, 0.05) is 0 Å². The van der Waals surface area contributed by atoms with Crippen molar-refractivity contribution in [1.82, 2.24) is 0 Å². The zero-order chi connectivity index (χ0) is 6.85. The first-order valence-corrected chi connectivity index (χ1v) is 3.67. The van der Waals surface area contributed by atoms with Crippen molar-refractivity contribution in [2.24, 2.45) is 13.8 Å². The van der Waals surface area contributed by atoms with Crippen molar-refractivity contribution in [3.8, 4) is 0 Å². The van der Waals surface area contributed by atoms with E-state index in [0.29, 0.717) is 0 Å².